The highest BCUT2D eigenvalue weighted by Gasteiger charge is 2.44. The summed E-state index contributed by atoms with van der Waals surface area (Å²) in [4.78, 5) is 0. The van der Waals surface area contributed by atoms with E-state index >= 15 is 0 Å². The molecule has 82 valence electrons. The molecule has 0 aromatic rings. The lowest BCUT2D eigenvalue weighted by molar-refractivity contribution is 0.407. The van der Waals surface area contributed by atoms with Gasteiger partial charge in [0.25, 0.3) is 0 Å². The zero-order valence-electron chi connectivity index (χ0n) is 9.77. The Morgan fingerprint density at radius 3 is 2.50 bits per heavy atom. The van der Waals surface area contributed by atoms with Crippen molar-refractivity contribution < 1.29 is 0 Å². The van der Waals surface area contributed by atoms with E-state index in [9.17, 15) is 0 Å². The Labute approximate surface area is 87.8 Å². The van der Waals surface area contributed by atoms with Gasteiger partial charge in [0.2, 0.25) is 0 Å². The quantitative estimate of drug-likeness (QED) is 0.711. The normalized spacial score (nSPS) is 40.1. The van der Waals surface area contributed by atoms with Crippen LogP contribution < -0.4 is 10.6 Å². The van der Waals surface area contributed by atoms with Crippen molar-refractivity contribution in [3.05, 3.63) is 0 Å². The van der Waals surface area contributed by atoms with Crippen LogP contribution in [0.2, 0.25) is 0 Å². The van der Waals surface area contributed by atoms with Gasteiger partial charge >= 0.3 is 0 Å². The second kappa shape index (κ2) is 3.82. The van der Waals surface area contributed by atoms with Crippen molar-refractivity contribution in [3.63, 3.8) is 0 Å². The second-order valence-corrected chi connectivity index (χ2v) is 5.94. The Balaban J connectivity index is 1.59. The van der Waals surface area contributed by atoms with Crippen molar-refractivity contribution in [3.8, 4) is 0 Å². The fourth-order valence-corrected chi connectivity index (χ4v) is 2.51. The van der Waals surface area contributed by atoms with Crippen molar-refractivity contribution in [2.24, 2.45) is 23.2 Å². The van der Waals surface area contributed by atoms with Gasteiger partial charge in [0.1, 0.15) is 0 Å². The average molecular weight is 196 g/mol. The third kappa shape index (κ3) is 2.29. The lowest BCUT2D eigenvalue weighted by atomic mass is 9.98. The Kier molecular flexibility index (Phi) is 2.85. The van der Waals surface area contributed by atoms with E-state index in [0.717, 1.165) is 17.8 Å². The van der Waals surface area contributed by atoms with Crippen molar-refractivity contribution in [2.45, 2.75) is 27.2 Å². The first-order valence-corrected chi connectivity index (χ1v) is 6.01. The van der Waals surface area contributed by atoms with Crippen LogP contribution in [0, 0.1) is 23.2 Å². The Bertz CT molecular complexity index is 200. The topological polar surface area (TPSA) is 24.1 Å². The highest BCUT2D eigenvalue weighted by atomic mass is 15.0. The number of hydrogen-bond acceptors (Lipinski definition) is 2. The summed E-state index contributed by atoms with van der Waals surface area (Å²) in [6, 6.07) is 0. The molecule has 0 amide bonds. The minimum absolute atomic E-state index is 0.631. The first kappa shape index (κ1) is 10.4. The molecule has 0 spiro atoms. The SMILES string of the molecule is CC1CNCC1CNCC1CC1(C)C. The lowest BCUT2D eigenvalue weighted by Crippen LogP contribution is -2.29. The molecule has 1 aliphatic heterocycles. The highest BCUT2D eigenvalue weighted by Crippen LogP contribution is 2.50. The van der Waals surface area contributed by atoms with Gasteiger partial charge in [0.05, 0.1) is 0 Å². The summed E-state index contributed by atoms with van der Waals surface area (Å²) < 4.78 is 0. The maximum atomic E-state index is 3.64. The second-order valence-electron chi connectivity index (χ2n) is 5.94. The predicted octanol–water partition coefficient (Wildman–Crippen LogP) is 1.48. The van der Waals surface area contributed by atoms with Crippen LogP contribution in [-0.4, -0.2) is 26.2 Å². The maximum Gasteiger partial charge on any atom is -0.000522 e. The maximum absolute atomic E-state index is 3.64. The van der Waals surface area contributed by atoms with Crippen molar-refractivity contribution in [2.75, 3.05) is 26.2 Å². The minimum Gasteiger partial charge on any atom is -0.316 e. The molecule has 14 heavy (non-hydrogen) atoms. The van der Waals surface area contributed by atoms with E-state index in [4.69, 9.17) is 0 Å². The van der Waals surface area contributed by atoms with Crippen molar-refractivity contribution in [1.29, 1.82) is 0 Å². The van der Waals surface area contributed by atoms with Gasteiger partial charge in [-0.25, -0.2) is 0 Å². The molecule has 2 rings (SSSR count). The predicted molar refractivity (Wildman–Crippen MR) is 60.3 cm³/mol. The zero-order chi connectivity index (χ0) is 10.2. The van der Waals surface area contributed by atoms with Crippen LogP contribution in [-0.2, 0) is 0 Å². The third-order valence-electron chi connectivity index (χ3n) is 4.19. The van der Waals surface area contributed by atoms with E-state index in [1.807, 2.05) is 0 Å². The van der Waals surface area contributed by atoms with E-state index in [1.54, 1.807) is 0 Å². The largest absolute Gasteiger partial charge is 0.316 e. The van der Waals surface area contributed by atoms with Crippen LogP contribution in [0.1, 0.15) is 27.2 Å². The molecule has 3 atom stereocenters. The summed E-state index contributed by atoms with van der Waals surface area (Å²) in [6.07, 6.45) is 1.42. The smallest absolute Gasteiger partial charge is 0.000522 e. The molecule has 2 nitrogen and oxygen atoms in total. The van der Waals surface area contributed by atoms with Gasteiger partial charge in [0, 0.05) is 0 Å². The van der Waals surface area contributed by atoms with Crippen LogP contribution >= 0.6 is 0 Å². The summed E-state index contributed by atoms with van der Waals surface area (Å²) in [5.41, 5.74) is 0.631. The Morgan fingerprint density at radius 1 is 1.29 bits per heavy atom. The lowest BCUT2D eigenvalue weighted by Gasteiger charge is -2.15. The molecule has 1 saturated carbocycles. The summed E-state index contributed by atoms with van der Waals surface area (Å²) in [6.45, 7) is 12.0. The van der Waals surface area contributed by atoms with Crippen LogP contribution in [0.4, 0.5) is 0 Å². The molecule has 0 radical (unpaired) electrons. The average Bonchev–Trinajstić information content (AvgIpc) is 2.53. The molecule has 1 aliphatic carbocycles. The monoisotopic (exact) mass is 196 g/mol. The van der Waals surface area contributed by atoms with Crippen LogP contribution in [0.25, 0.3) is 0 Å². The fourth-order valence-electron chi connectivity index (χ4n) is 2.51. The van der Waals surface area contributed by atoms with Gasteiger partial charge in [-0.05, 0) is 55.8 Å². The van der Waals surface area contributed by atoms with Gasteiger partial charge in [-0.15, -0.1) is 0 Å². The van der Waals surface area contributed by atoms with Gasteiger partial charge in [-0.1, -0.05) is 20.8 Å². The standard InChI is InChI=1S/C12H24N2/c1-9-5-13-6-10(9)7-14-8-11-4-12(11,2)3/h9-11,13-14H,4-8H2,1-3H3. The number of hydrogen-bond donors (Lipinski definition) is 2. The molecule has 2 heteroatoms. The molecular weight excluding hydrogens is 172 g/mol. The molecule has 2 aliphatic rings. The van der Waals surface area contributed by atoms with E-state index in [-0.39, 0.29) is 0 Å². The Hall–Kier alpha value is -0.0800. The van der Waals surface area contributed by atoms with Crippen molar-refractivity contribution >= 4 is 0 Å². The molecule has 0 aromatic heterocycles. The van der Waals surface area contributed by atoms with Gasteiger partial charge < -0.3 is 10.6 Å². The zero-order valence-corrected chi connectivity index (χ0v) is 9.77. The molecule has 1 saturated heterocycles. The van der Waals surface area contributed by atoms with E-state index in [1.165, 1.54) is 32.6 Å². The summed E-state index contributed by atoms with van der Waals surface area (Å²) in [7, 11) is 0. The number of rotatable bonds is 4. The first-order valence-electron chi connectivity index (χ1n) is 6.01. The van der Waals surface area contributed by atoms with Gasteiger partial charge in [0.15, 0.2) is 0 Å². The summed E-state index contributed by atoms with van der Waals surface area (Å²) in [5, 5.41) is 7.09. The molecular formula is C12H24N2. The van der Waals surface area contributed by atoms with E-state index < -0.39 is 0 Å². The molecule has 0 bridgehead atoms. The highest BCUT2D eigenvalue weighted by molar-refractivity contribution is 4.96. The van der Waals surface area contributed by atoms with Crippen LogP contribution in [0.5, 0.6) is 0 Å². The molecule has 2 fully saturated rings. The molecule has 1 heterocycles. The third-order valence-corrected chi connectivity index (χ3v) is 4.19. The molecule has 2 N–H and O–H groups in total. The fraction of sp³-hybridized carbons (Fsp3) is 1.00. The number of nitrogens with one attached hydrogen (secondary N) is 2. The minimum atomic E-state index is 0.631. The van der Waals surface area contributed by atoms with Crippen molar-refractivity contribution in [1.82, 2.24) is 10.6 Å². The van der Waals surface area contributed by atoms with Gasteiger partial charge in [-0.3, -0.25) is 0 Å². The van der Waals surface area contributed by atoms with Gasteiger partial charge in [-0.2, -0.15) is 0 Å². The summed E-state index contributed by atoms with van der Waals surface area (Å²) >= 11 is 0. The molecule has 3 unspecified atom stereocenters. The van der Waals surface area contributed by atoms with Crippen LogP contribution in [0.15, 0.2) is 0 Å². The van der Waals surface area contributed by atoms with Crippen LogP contribution in [0.3, 0.4) is 0 Å². The van der Waals surface area contributed by atoms with E-state index in [0.29, 0.717) is 5.41 Å². The molecule has 0 aromatic carbocycles. The Morgan fingerprint density at radius 2 is 2.00 bits per heavy atom. The van der Waals surface area contributed by atoms with E-state index in [2.05, 4.69) is 31.4 Å². The summed E-state index contributed by atoms with van der Waals surface area (Å²) in [5.74, 6) is 2.65. The first-order chi connectivity index (χ1) is 6.59.